The van der Waals surface area contributed by atoms with Crippen molar-refractivity contribution >= 4 is 27.6 Å². The fourth-order valence-corrected chi connectivity index (χ4v) is 2.36. The highest BCUT2D eigenvalue weighted by molar-refractivity contribution is 9.10. The molecule has 5 nitrogen and oxygen atoms in total. The van der Waals surface area contributed by atoms with Crippen LogP contribution in [-0.4, -0.2) is 50.0 Å². The van der Waals surface area contributed by atoms with Crippen molar-refractivity contribution < 1.29 is 19.1 Å². The number of ether oxygens (including phenoxy) is 2. The molecule has 0 N–H and O–H groups in total. The molecule has 0 unspecified atom stereocenters. The Morgan fingerprint density at radius 2 is 2.32 bits per heavy atom. The predicted molar refractivity (Wildman–Crippen MR) is 72.4 cm³/mol. The molecule has 2 rings (SSSR count). The molecule has 0 aliphatic carbocycles. The van der Waals surface area contributed by atoms with E-state index in [-0.39, 0.29) is 24.8 Å². The lowest BCUT2D eigenvalue weighted by molar-refractivity contribution is -0.141. The van der Waals surface area contributed by atoms with Gasteiger partial charge in [-0.2, -0.15) is 0 Å². The first-order valence-electron chi connectivity index (χ1n) is 5.84. The van der Waals surface area contributed by atoms with E-state index in [2.05, 4.69) is 15.9 Å². The van der Waals surface area contributed by atoms with Crippen molar-refractivity contribution in [1.29, 1.82) is 0 Å². The molecule has 19 heavy (non-hydrogen) atoms. The van der Waals surface area contributed by atoms with Gasteiger partial charge in [0, 0.05) is 12.1 Å². The topological polar surface area (TPSA) is 55.8 Å². The van der Waals surface area contributed by atoms with Crippen LogP contribution in [-0.2, 0) is 9.53 Å². The smallest absolute Gasteiger partial charge is 0.249 e. The lowest BCUT2D eigenvalue weighted by Gasteiger charge is -2.26. The molecule has 1 heterocycles. The number of carbonyl (C=O) groups excluding carboxylic acids is 2. The number of ketones is 1. The summed E-state index contributed by atoms with van der Waals surface area (Å²) < 4.78 is 10.8. The van der Waals surface area contributed by atoms with Crippen molar-refractivity contribution in [3.63, 3.8) is 0 Å². The number of rotatable bonds is 4. The van der Waals surface area contributed by atoms with Crippen LogP contribution in [0.4, 0.5) is 0 Å². The standard InChI is InChI=1S/C13H14BrNO4/c1-18-12-3-2-9(6-10(12)14)11(16)7-15-4-5-19-8-13(15)17/h2-3,6H,4-5,7-8H2,1H3. The third-order valence-corrected chi connectivity index (χ3v) is 3.51. The molecular weight excluding hydrogens is 314 g/mol. The molecule has 6 heteroatoms. The van der Waals surface area contributed by atoms with Crippen LogP contribution in [0.15, 0.2) is 22.7 Å². The molecule has 1 aliphatic rings. The van der Waals surface area contributed by atoms with Gasteiger partial charge in [-0.3, -0.25) is 9.59 Å². The molecule has 0 atom stereocenters. The predicted octanol–water partition coefficient (Wildman–Crippen LogP) is 1.50. The number of hydrogen-bond donors (Lipinski definition) is 0. The summed E-state index contributed by atoms with van der Waals surface area (Å²) >= 11 is 3.33. The van der Waals surface area contributed by atoms with Crippen molar-refractivity contribution in [1.82, 2.24) is 4.90 Å². The molecule has 1 aliphatic heterocycles. The summed E-state index contributed by atoms with van der Waals surface area (Å²) in [5.74, 6) is 0.421. The molecule has 0 radical (unpaired) electrons. The summed E-state index contributed by atoms with van der Waals surface area (Å²) in [5, 5.41) is 0. The second-order valence-electron chi connectivity index (χ2n) is 4.14. The monoisotopic (exact) mass is 327 g/mol. The largest absolute Gasteiger partial charge is 0.496 e. The van der Waals surface area contributed by atoms with Crippen molar-refractivity contribution in [3.05, 3.63) is 28.2 Å². The second-order valence-corrected chi connectivity index (χ2v) is 4.99. The van der Waals surface area contributed by atoms with Crippen LogP contribution >= 0.6 is 15.9 Å². The highest BCUT2D eigenvalue weighted by atomic mass is 79.9. The maximum atomic E-state index is 12.1. The van der Waals surface area contributed by atoms with Crippen molar-refractivity contribution in [3.8, 4) is 5.75 Å². The highest BCUT2D eigenvalue weighted by Crippen LogP contribution is 2.25. The number of halogens is 1. The van der Waals surface area contributed by atoms with Gasteiger partial charge >= 0.3 is 0 Å². The Balaban J connectivity index is 2.07. The van der Waals surface area contributed by atoms with Crippen LogP contribution in [0.5, 0.6) is 5.75 Å². The van der Waals surface area contributed by atoms with Crippen LogP contribution in [0.25, 0.3) is 0 Å². The number of nitrogens with zero attached hydrogens (tertiary/aromatic N) is 1. The van der Waals surface area contributed by atoms with E-state index in [0.29, 0.717) is 28.9 Å². The van der Waals surface area contributed by atoms with E-state index >= 15 is 0 Å². The lowest BCUT2D eigenvalue weighted by atomic mass is 10.1. The maximum absolute atomic E-state index is 12.1. The van der Waals surface area contributed by atoms with Crippen LogP contribution in [0.2, 0.25) is 0 Å². The Hall–Kier alpha value is -1.40. The molecule has 0 spiro atoms. The van der Waals surface area contributed by atoms with Gasteiger partial charge in [0.25, 0.3) is 0 Å². The minimum Gasteiger partial charge on any atom is -0.496 e. The number of amides is 1. The van der Waals surface area contributed by atoms with Crippen molar-refractivity contribution in [2.24, 2.45) is 0 Å². The Morgan fingerprint density at radius 3 is 2.95 bits per heavy atom. The Bertz CT molecular complexity index is 503. The van der Waals surface area contributed by atoms with Gasteiger partial charge in [0.15, 0.2) is 5.78 Å². The van der Waals surface area contributed by atoms with Gasteiger partial charge < -0.3 is 14.4 Å². The summed E-state index contributed by atoms with van der Waals surface area (Å²) in [6.07, 6.45) is 0. The molecular formula is C13H14BrNO4. The molecule has 1 fully saturated rings. The van der Waals surface area contributed by atoms with Crippen molar-refractivity contribution in [2.45, 2.75) is 0 Å². The minimum absolute atomic E-state index is 0.0551. The first-order chi connectivity index (χ1) is 9.11. The average molecular weight is 328 g/mol. The maximum Gasteiger partial charge on any atom is 0.249 e. The molecule has 0 saturated carbocycles. The molecule has 1 aromatic carbocycles. The first-order valence-corrected chi connectivity index (χ1v) is 6.63. The van der Waals surface area contributed by atoms with Crippen molar-refractivity contribution in [2.75, 3.05) is 33.4 Å². The minimum atomic E-state index is -0.146. The Labute approximate surface area is 119 Å². The van der Waals surface area contributed by atoms with Gasteiger partial charge in [-0.1, -0.05) is 0 Å². The summed E-state index contributed by atoms with van der Waals surface area (Å²) in [4.78, 5) is 25.2. The molecule has 0 bridgehead atoms. The van der Waals surface area contributed by atoms with Gasteiger partial charge in [0.2, 0.25) is 5.91 Å². The van der Waals surface area contributed by atoms with E-state index < -0.39 is 0 Å². The molecule has 1 saturated heterocycles. The summed E-state index contributed by atoms with van der Waals surface area (Å²) in [6, 6.07) is 5.11. The molecule has 102 valence electrons. The first kappa shape index (κ1) is 14.0. The summed E-state index contributed by atoms with van der Waals surface area (Å²) in [7, 11) is 1.56. The van der Waals surface area contributed by atoms with E-state index in [1.807, 2.05) is 0 Å². The van der Waals surface area contributed by atoms with Crippen LogP contribution in [0.1, 0.15) is 10.4 Å². The van der Waals surface area contributed by atoms with Crippen LogP contribution < -0.4 is 4.74 Å². The zero-order chi connectivity index (χ0) is 13.8. The van der Waals surface area contributed by atoms with E-state index in [0.717, 1.165) is 0 Å². The fraction of sp³-hybridized carbons (Fsp3) is 0.385. The number of methoxy groups -OCH3 is 1. The highest BCUT2D eigenvalue weighted by Gasteiger charge is 2.21. The Morgan fingerprint density at radius 1 is 1.53 bits per heavy atom. The quantitative estimate of drug-likeness (QED) is 0.786. The third kappa shape index (κ3) is 3.33. The van der Waals surface area contributed by atoms with Gasteiger partial charge in [-0.05, 0) is 34.1 Å². The fourth-order valence-electron chi connectivity index (χ4n) is 1.82. The van der Waals surface area contributed by atoms with E-state index in [9.17, 15) is 9.59 Å². The summed E-state index contributed by atoms with van der Waals surface area (Å²) in [6.45, 7) is 1.08. The molecule has 1 amide bonds. The number of hydrogen-bond acceptors (Lipinski definition) is 4. The number of benzene rings is 1. The molecule has 0 aromatic heterocycles. The third-order valence-electron chi connectivity index (χ3n) is 2.89. The number of Topliss-reactive ketones (excluding diaryl/α,β-unsaturated/α-hetero) is 1. The second kappa shape index (κ2) is 6.16. The van der Waals surface area contributed by atoms with E-state index in [1.54, 1.807) is 25.3 Å². The molecule has 1 aromatic rings. The summed E-state index contributed by atoms with van der Waals surface area (Å²) in [5.41, 5.74) is 0.548. The number of morpholine rings is 1. The van der Waals surface area contributed by atoms with Gasteiger partial charge in [0.05, 0.1) is 24.7 Å². The van der Waals surface area contributed by atoms with Crippen LogP contribution in [0.3, 0.4) is 0 Å². The normalized spacial score (nSPS) is 15.5. The number of carbonyl (C=O) groups is 2. The van der Waals surface area contributed by atoms with Crippen LogP contribution in [0, 0.1) is 0 Å². The SMILES string of the molecule is COc1ccc(C(=O)CN2CCOCC2=O)cc1Br. The van der Waals surface area contributed by atoms with E-state index in [4.69, 9.17) is 9.47 Å². The Kier molecular flexibility index (Phi) is 4.55. The van der Waals surface area contributed by atoms with Gasteiger partial charge in [-0.15, -0.1) is 0 Å². The zero-order valence-corrected chi connectivity index (χ0v) is 12.1. The van der Waals surface area contributed by atoms with E-state index in [1.165, 1.54) is 4.90 Å². The lowest BCUT2D eigenvalue weighted by Crippen LogP contribution is -2.44. The average Bonchev–Trinajstić information content (AvgIpc) is 2.41. The van der Waals surface area contributed by atoms with Gasteiger partial charge in [-0.25, -0.2) is 0 Å². The van der Waals surface area contributed by atoms with Gasteiger partial charge in [0.1, 0.15) is 12.4 Å². The zero-order valence-electron chi connectivity index (χ0n) is 10.5.